The third-order valence-corrected chi connectivity index (χ3v) is 6.78. The summed E-state index contributed by atoms with van der Waals surface area (Å²) in [7, 11) is -5.85. The molecule has 0 bridgehead atoms. The molecular weight excluding hydrogens is 374 g/mol. The van der Waals surface area contributed by atoms with Crippen LogP contribution in [-0.4, -0.2) is 47.6 Å². The summed E-state index contributed by atoms with van der Waals surface area (Å²) in [6, 6.07) is 11.1. The van der Waals surface area contributed by atoms with Gasteiger partial charge >= 0.3 is 0 Å². The molecule has 0 unspecified atom stereocenters. The van der Waals surface area contributed by atoms with Gasteiger partial charge in [0.1, 0.15) is 12.4 Å². The summed E-state index contributed by atoms with van der Waals surface area (Å²) in [6.45, 7) is 4.25. The molecule has 0 spiro atoms. The first-order chi connectivity index (χ1) is 12.0. The molecule has 142 valence electrons. The minimum atomic E-state index is -3.80. The van der Waals surface area contributed by atoms with Crippen LogP contribution in [-0.2, 0) is 19.9 Å². The number of nitrogens with zero attached hydrogens (tertiary/aromatic N) is 1. The Hall–Kier alpha value is -1.90. The predicted molar refractivity (Wildman–Crippen MR) is 101 cm³/mol. The zero-order chi connectivity index (χ0) is 19.5. The van der Waals surface area contributed by atoms with Crippen LogP contribution in [0.25, 0.3) is 0 Å². The van der Waals surface area contributed by atoms with Crippen molar-refractivity contribution in [2.45, 2.75) is 23.6 Å². The molecule has 2 rings (SSSR count). The molecule has 2 aromatic carbocycles. The van der Waals surface area contributed by atoms with Gasteiger partial charge in [-0.05, 0) is 55.3 Å². The minimum absolute atomic E-state index is 0.0292. The molecule has 6 nitrogen and oxygen atoms in total. The van der Waals surface area contributed by atoms with Crippen molar-refractivity contribution >= 4 is 19.9 Å². The summed E-state index contributed by atoms with van der Waals surface area (Å²) in [4.78, 5) is -0.0900. The number of hydrogen-bond donors (Lipinski definition) is 0. The fourth-order valence-corrected chi connectivity index (χ4v) is 4.42. The second-order valence-corrected chi connectivity index (χ2v) is 10.3. The van der Waals surface area contributed by atoms with Crippen LogP contribution < -0.4 is 4.74 Å². The van der Waals surface area contributed by atoms with Gasteiger partial charge in [0.05, 0.1) is 9.79 Å². The molecular formula is C18H23NO5S2. The highest BCUT2D eigenvalue weighted by atomic mass is 32.2. The molecule has 0 fully saturated rings. The van der Waals surface area contributed by atoms with E-state index in [4.69, 9.17) is 4.74 Å². The third-order valence-electron chi connectivity index (χ3n) is 3.81. The topological polar surface area (TPSA) is 80.8 Å². The molecule has 0 heterocycles. The third kappa shape index (κ3) is 5.06. The number of aryl methyl sites for hydroxylation is 2. The zero-order valence-electron chi connectivity index (χ0n) is 15.3. The molecule has 0 saturated carbocycles. The maximum absolute atomic E-state index is 12.6. The minimum Gasteiger partial charge on any atom is -0.492 e. The van der Waals surface area contributed by atoms with Crippen molar-refractivity contribution < 1.29 is 21.6 Å². The van der Waals surface area contributed by atoms with Crippen molar-refractivity contribution in [3.63, 3.8) is 0 Å². The lowest BCUT2D eigenvalue weighted by Crippen LogP contribution is -2.31. The molecule has 0 saturated heterocycles. The quantitative estimate of drug-likeness (QED) is 0.717. The van der Waals surface area contributed by atoms with Crippen molar-refractivity contribution in [1.29, 1.82) is 0 Å². The first kappa shape index (κ1) is 20.4. The lowest BCUT2D eigenvalue weighted by atomic mass is 10.1. The van der Waals surface area contributed by atoms with Crippen LogP contribution in [0.3, 0.4) is 0 Å². The van der Waals surface area contributed by atoms with E-state index in [0.717, 1.165) is 21.7 Å². The number of ether oxygens (including phenoxy) is 1. The number of hydrogen-bond acceptors (Lipinski definition) is 5. The monoisotopic (exact) mass is 397 g/mol. The fourth-order valence-electron chi connectivity index (χ4n) is 2.47. The lowest BCUT2D eigenvalue weighted by molar-refractivity contribution is 0.286. The van der Waals surface area contributed by atoms with Gasteiger partial charge in [-0.1, -0.05) is 12.1 Å². The van der Waals surface area contributed by atoms with Crippen LogP contribution in [0.2, 0.25) is 0 Å². The molecule has 0 atom stereocenters. The summed E-state index contributed by atoms with van der Waals surface area (Å²) in [5.74, 6) is 0.687. The fraction of sp³-hybridized carbons (Fsp3) is 0.333. The van der Waals surface area contributed by atoms with E-state index in [1.807, 2.05) is 32.0 Å². The van der Waals surface area contributed by atoms with Crippen LogP contribution in [0.1, 0.15) is 11.1 Å². The van der Waals surface area contributed by atoms with Gasteiger partial charge in [-0.3, -0.25) is 0 Å². The zero-order valence-corrected chi connectivity index (χ0v) is 16.9. The van der Waals surface area contributed by atoms with Crippen LogP contribution in [0, 0.1) is 13.8 Å². The molecule has 0 amide bonds. The number of sulfonamides is 1. The Labute approximate surface area is 155 Å². The normalized spacial score (nSPS) is 12.3. The first-order valence-corrected chi connectivity index (χ1v) is 11.3. The summed E-state index contributed by atoms with van der Waals surface area (Å²) in [5.41, 5.74) is 2.14. The van der Waals surface area contributed by atoms with Gasteiger partial charge in [0.2, 0.25) is 10.0 Å². The van der Waals surface area contributed by atoms with Crippen LogP contribution in [0.5, 0.6) is 5.75 Å². The van der Waals surface area contributed by atoms with Crippen LogP contribution in [0.4, 0.5) is 0 Å². The maximum Gasteiger partial charge on any atom is 0.242 e. The predicted octanol–water partition coefficient (Wildman–Crippen LogP) is 2.41. The molecule has 26 heavy (non-hydrogen) atoms. The molecule has 8 heteroatoms. The SMILES string of the molecule is Cc1cc(C)cc(OCCN(C)S(=O)(=O)c2cccc(S(C)(=O)=O)c2)c1. The van der Waals surface area contributed by atoms with Gasteiger partial charge < -0.3 is 4.74 Å². The Balaban J connectivity index is 2.09. The highest BCUT2D eigenvalue weighted by molar-refractivity contribution is 7.91. The molecule has 0 N–H and O–H groups in total. The number of likely N-dealkylation sites (N-methyl/N-ethyl adjacent to an activating group) is 1. The standard InChI is InChI=1S/C18H23NO5S2/c1-14-10-15(2)12-16(11-14)24-9-8-19(3)26(22,23)18-7-5-6-17(13-18)25(4,20)21/h5-7,10-13H,8-9H2,1-4H3. The Kier molecular flexibility index (Phi) is 6.10. The van der Waals surface area contributed by atoms with Crippen LogP contribution >= 0.6 is 0 Å². The van der Waals surface area contributed by atoms with E-state index >= 15 is 0 Å². The van der Waals surface area contributed by atoms with E-state index in [1.54, 1.807) is 0 Å². The molecule has 0 aliphatic rings. The highest BCUT2D eigenvalue weighted by Crippen LogP contribution is 2.19. The second-order valence-electron chi connectivity index (χ2n) is 6.25. The van der Waals surface area contributed by atoms with Gasteiger partial charge in [0, 0.05) is 19.8 Å². The van der Waals surface area contributed by atoms with Crippen molar-refractivity contribution in [2.75, 3.05) is 26.5 Å². The van der Waals surface area contributed by atoms with Crippen molar-refractivity contribution in [3.05, 3.63) is 53.6 Å². The Morgan fingerprint density at radius 3 is 2.08 bits per heavy atom. The van der Waals surface area contributed by atoms with E-state index in [9.17, 15) is 16.8 Å². The van der Waals surface area contributed by atoms with E-state index in [0.29, 0.717) is 5.75 Å². The second kappa shape index (κ2) is 7.77. The molecule has 0 radical (unpaired) electrons. The Morgan fingerprint density at radius 2 is 1.50 bits per heavy atom. The molecule has 2 aromatic rings. The van der Waals surface area contributed by atoms with Gasteiger partial charge in [0.25, 0.3) is 0 Å². The highest BCUT2D eigenvalue weighted by Gasteiger charge is 2.22. The number of sulfone groups is 1. The first-order valence-electron chi connectivity index (χ1n) is 7.98. The van der Waals surface area contributed by atoms with E-state index < -0.39 is 19.9 Å². The average molecular weight is 398 g/mol. The summed E-state index contributed by atoms with van der Waals surface area (Å²) < 4.78 is 55.3. The molecule has 0 aromatic heterocycles. The maximum atomic E-state index is 12.6. The summed E-state index contributed by atoms with van der Waals surface area (Å²) >= 11 is 0. The average Bonchev–Trinajstić information content (AvgIpc) is 2.53. The number of benzene rings is 2. The van der Waals surface area contributed by atoms with Crippen molar-refractivity contribution in [1.82, 2.24) is 4.31 Å². The van der Waals surface area contributed by atoms with Crippen molar-refractivity contribution in [2.24, 2.45) is 0 Å². The van der Waals surface area contributed by atoms with Gasteiger partial charge in [-0.25, -0.2) is 16.8 Å². The largest absolute Gasteiger partial charge is 0.492 e. The van der Waals surface area contributed by atoms with Crippen LogP contribution in [0.15, 0.2) is 52.3 Å². The molecule has 0 aliphatic heterocycles. The lowest BCUT2D eigenvalue weighted by Gasteiger charge is -2.18. The summed E-state index contributed by atoms with van der Waals surface area (Å²) in [5, 5.41) is 0. The summed E-state index contributed by atoms with van der Waals surface area (Å²) in [6.07, 6.45) is 1.04. The smallest absolute Gasteiger partial charge is 0.242 e. The Bertz CT molecular complexity index is 978. The van der Waals surface area contributed by atoms with Gasteiger partial charge in [-0.2, -0.15) is 4.31 Å². The Morgan fingerprint density at radius 1 is 0.923 bits per heavy atom. The van der Waals surface area contributed by atoms with Gasteiger partial charge in [-0.15, -0.1) is 0 Å². The van der Waals surface area contributed by atoms with E-state index in [-0.39, 0.29) is 22.9 Å². The van der Waals surface area contributed by atoms with Gasteiger partial charge in [0.15, 0.2) is 9.84 Å². The van der Waals surface area contributed by atoms with Crippen molar-refractivity contribution in [3.8, 4) is 5.75 Å². The molecule has 0 aliphatic carbocycles. The number of rotatable bonds is 7. The van der Waals surface area contributed by atoms with E-state index in [1.165, 1.54) is 31.3 Å². The van der Waals surface area contributed by atoms with E-state index in [2.05, 4.69) is 0 Å².